The third kappa shape index (κ3) is 2.46. The minimum atomic E-state index is -0.146. The van der Waals surface area contributed by atoms with Crippen LogP contribution in [-0.4, -0.2) is 5.91 Å². The molecule has 3 aromatic rings. The average molecular weight is 300 g/mol. The maximum atomic E-state index is 12.3. The molecule has 23 heavy (non-hydrogen) atoms. The summed E-state index contributed by atoms with van der Waals surface area (Å²) in [5.41, 5.74) is 12.8. The summed E-state index contributed by atoms with van der Waals surface area (Å²) in [5, 5.41) is 2.95. The van der Waals surface area contributed by atoms with Crippen molar-refractivity contribution >= 4 is 17.3 Å². The van der Waals surface area contributed by atoms with Crippen molar-refractivity contribution in [1.29, 1.82) is 0 Å². The van der Waals surface area contributed by atoms with Gasteiger partial charge in [0.25, 0.3) is 5.91 Å². The van der Waals surface area contributed by atoms with Gasteiger partial charge >= 0.3 is 0 Å². The Morgan fingerprint density at radius 2 is 1.70 bits per heavy atom. The lowest BCUT2D eigenvalue weighted by atomic mass is 10.1. The molecule has 0 spiro atoms. The van der Waals surface area contributed by atoms with E-state index in [9.17, 15) is 4.79 Å². The van der Waals surface area contributed by atoms with Gasteiger partial charge in [-0.05, 0) is 59.0 Å². The number of rotatable bonds is 2. The van der Waals surface area contributed by atoms with Gasteiger partial charge in [0, 0.05) is 16.9 Å². The van der Waals surface area contributed by atoms with E-state index in [0.29, 0.717) is 11.3 Å². The van der Waals surface area contributed by atoms with Crippen LogP contribution in [0, 0.1) is 0 Å². The summed E-state index contributed by atoms with van der Waals surface area (Å²) in [4.78, 5) is 12.3. The van der Waals surface area contributed by atoms with E-state index in [4.69, 9.17) is 5.73 Å². The highest BCUT2D eigenvalue weighted by Crippen LogP contribution is 2.37. The number of fused-ring (bicyclic) bond motifs is 3. The number of benzene rings is 3. The number of amides is 1. The average Bonchev–Trinajstić information content (AvgIpc) is 2.92. The van der Waals surface area contributed by atoms with Gasteiger partial charge in [-0.15, -0.1) is 0 Å². The number of nitrogens with two attached hydrogens (primary N) is 1. The molecule has 0 aromatic heterocycles. The van der Waals surface area contributed by atoms with E-state index >= 15 is 0 Å². The van der Waals surface area contributed by atoms with Gasteiger partial charge in [-0.3, -0.25) is 4.79 Å². The van der Waals surface area contributed by atoms with E-state index in [1.54, 1.807) is 24.3 Å². The lowest BCUT2D eigenvalue weighted by Crippen LogP contribution is -2.12. The quantitative estimate of drug-likeness (QED) is 0.548. The minimum Gasteiger partial charge on any atom is -0.399 e. The summed E-state index contributed by atoms with van der Waals surface area (Å²) in [5.74, 6) is -0.146. The van der Waals surface area contributed by atoms with Crippen molar-refractivity contribution in [3.05, 3.63) is 83.4 Å². The van der Waals surface area contributed by atoms with E-state index in [2.05, 4.69) is 41.7 Å². The molecule has 3 nitrogen and oxygen atoms in total. The van der Waals surface area contributed by atoms with E-state index in [0.717, 1.165) is 12.1 Å². The van der Waals surface area contributed by atoms with Crippen LogP contribution < -0.4 is 11.1 Å². The van der Waals surface area contributed by atoms with Crippen LogP contribution >= 0.6 is 0 Å². The molecular formula is C20H16N2O. The Morgan fingerprint density at radius 1 is 0.870 bits per heavy atom. The first-order chi connectivity index (χ1) is 11.2. The van der Waals surface area contributed by atoms with E-state index in [1.165, 1.54) is 22.3 Å². The molecule has 1 aliphatic rings. The molecule has 1 aliphatic carbocycles. The van der Waals surface area contributed by atoms with Gasteiger partial charge in [0.05, 0.1) is 0 Å². The maximum Gasteiger partial charge on any atom is 0.255 e. The summed E-state index contributed by atoms with van der Waals surface area (Å²) < 4.78 is 0. The molecule has 0 fully saturated rings. The fraction of sp³-hybridized carbons (Fsp3) is 0.0500. The molecule has 0 radical (unpaired) electrons. The number of carbonyl (C=O) groups is 1. The fourth-order valence-electron chi connectivity index (χ4n) is 3.11. The molecule has 0 aliphatic heterocycles. The molecule has 0 bridgehead atoms. The standard InChI is InChI=1S/C20H16N2O/c21-16-6-3-5-14(11-16)20(23)22-17-8-9-19-15(12-17)10-13-4-1-2-7-18(13)19/h1-9,11-12H,10,21H2,(H,22,23). The number of hydrogen-bond acceptors (Lipinski definition) is 2. The normalized spacial score (nSPS) is 11.7. The molecule has 112 valence electrons. The van der Waals surface area contributed by atoms with Crippen LogP contribution in [0.1, 0.15) is 21.5 Å². The van der Waals surface area contributed by atoms with Crippen molar-refractivity contribution in [2.24, 2.45) is 0 Å². The second-order valence-electron chi connectivity index (χ2n) is 5.79. The van der Waals surface area contributed by atoms with Crippen molar-refractivity contribution in [1.82, 2.24) is 0 Å². The molecule has 0 saturated carbocycles. The monoisotopic (exact) mass is 300 g/mol. The van der Waals surface area contributed by atoms with Gasteiger partial charge in [0.1, 0.15) is 0 Å². The molecular weight excluding hydrogens is 284 g/mol. The summed E-state index contributed by atoms with van der Waals surface area (Å²) >= 11 is 0. The molecule has 1 amide bonds. The second-order valence-corrected chi connectivity index (χ2v) is 5.79. The van der Waals surface area contributed by atoms with E-state index in [1.807, 2.05) is 6.07 Å². The molecule has 3 N–H and O–H groups in total. The van der Waals surface area contributed by atoms with Crippen LogP contribution in [-0.2, 0) is 6.42 Å². The van der Waals surface area contributed by atoms with Gasteiger partial charge in [0.2, 0.25) is 0 Å². The molecule has 0 atom stereocenters. The molecule has 0 unspecified atom stereocenters. The fourth-order valence-corrected chi connectivity index (χ4v) is 3.11. The topological polar surface area (TPSA) is 55.1 Å². The van der Waals surface area contributed by atoms with Crippen LogP contribution in [0.4, 0.5) is 11.4 Å². The minimum absolute atomic E-state index is 0.146. The van der Waals surface area contributed by atoms with Gasteiger partial charge < -0.3 is 11.1 Å². The predicted octanol–water partition coefficient (Wildman–Crippen LogP) is 4.09. The zero-order valence-electron chi connectivity index (χ0n) is 12.5. The van der Waals surface area contributed by atoms with Crippen molar-refractivity contribution in [2.45, 2.75) is 6.42 Å². The Kier molecular flexibility index (Phi) is 3.12. The zero-order valence-corrected chi connectivity index (χ0v) is 12.5. The van der Waals surface area contributed by atoms with Crippen molar-refractivity contribution < 1.29 is 4.79 Å². The molecule has 4 rings (SSSR count). The number of nitrogen functional groups attached to an aromatic ring is 1. The van der Waals surface area contributed by atoms with Crippen molar-refractivity contribution in [3.8, 4) is 11.1 Å². The Bertz CT molecular complexity index is 915. The van der Waals surface area contributed by atoms with Crippen molar-refractivity contribution in [2.75, 3.05) is 11.1 Å². The van der Waals surface area contributed by atoms with Gasteiger partial charge in [0.15, 0.2) is 0 Å². The van der Waals surface area contributed by atoms with Gasteiger partial charge in [-0.25, -0.2) is 0 Å². The van der Waals surface area contributed by atoms with Gasteiger partial charge in [-0.2, -0.15) is 0 Å². The molecule has 3 heteroatoms. The largest absolute Gasteiger partial charge is 0.399 e. The van der Waals surface area contributed by atoms with E-state index in [-0.39, 0.29) is 5.91 Å². The molecule has 0 saturated heterocycles. The smallest absolute Gasteiger partial charge is 0.255 e. The van der Waals surface area contributed by atoms with Gasteiger partial charge in [-0.1, -0.05) is 36.4 Å². The first-order valence-electron chi connectivity index (χ1n) is 7.59. The zero-order chi connectivity index (χ0) is 15.8. The Labute approximate surface area is 134 Å². The highest BCUT2D eigenvalue weighted by molar-refractivity contribution is 6.05. The highest BCUT2D eigenvalue weighted by atomic mass is 16.1. The second kappa shape index (κ2) is 5.29. The Morgan fingerprint density at radius 3 is 2.57 bits per heavy atom. The van der Waals surface area contributed by atoms with Crippen LogP contribution in [0.5, 0.6) is 0 Å². The first kappa shape index (κ1) is 13.6. The number of anilines is 2. The summed E-state index contributed by atoms with van der Waals surface area (Å²) in [6.45, 7) is 0. The number of nitrogens with one attached hydrogen (secondary N) is 1. The third-order valence-corrected chi connectivity index (χ3v) is 4.20. The van der Waals surface area contributed by atoms with Crippen LogP contribution in [0.3, 0.4) is 0 Å². The highest BCUT2D eigenvalue weighted by Gasteiger charge is 2.18. The SMILES string of the molecule is Nc1cccc(C(=O)Nc2ccc3c(c2)Cc2ccccc2-3)c1. The summed E-state index contributed by atoms with van der Waals surface area (Å²) in [6.07, 6.45) is 0.910. The Balaban J connectivity index is 1.60. The first-order valence-corrected chi connectivity index (χ1v) is 7.59. The molecule has 0 heterocycles. The van der Waals surface area contributed by atoms with Crippen LogP contribution in [0.15, 0.2) is 66.7 Å². The van der Waals surface area contributed by atoms with Crippen LogP contribution in [0.2, 0.25) is 0 Å². The lowest BCUT2D eigenvalue weighted by Gasteiger charge is -2.08. The number of carbonyl (C=O) groups excluding carboxylic acids is 1. The predicted molar refractivity (Wildman–Crippen MR) is 93.5 cm³/mol. The van der Waals surface area contributed by atoms with Crippen molar-refractivity contribution in [3.63, 3.8) is 0 Å². The molecule has 3 aromatic carbocycles. The van der Waals surface area contributed by atoms with Crippen LogP contribution in [0.25, 0.3) is 11.1 Å². The third-order valence-electron chi connectivity index (χ3n) is 4.20. The maximum absolute atomic E-state index is 12.3. The van der Waals surface area contributed by atoms with E-state index < -0.39 is 0 Å². The lowest BCUT2D eigenvalue weighted by molar-refractivity contribution is 0.102. The summed E-state index contributed by atoms with van der Waals surface area (Å²) in [7, 11) is 0. The number of hydrogen-bond donors (Lipinski definition) is 2. The Hall–Kier alpha value is -3.07. The summed E-state index contributed by atoms with van der Waals surface area (Å²) in [6, 6.07) is 21.5.